The molecule has 1 saturated heterocycles. The number of rotatable bonds is 6. The molecule has 7 heteroatoms. The van der Waals surface area contributed by atoms with Crippen LogP contribution < -0.4 is 5.32 Å². The molecule has 0 saturated carbocycles. The van der Waals surface area contributed by atoms with Crippen LogP contribution in [0.4, 0.5) is 0 Å². The average Bonchev–Trinajstić information content (AvgIpc) is 3.14. The lowest BCUT2D eigenvalue weighted by atomic mass is 9.96. The lowest BCUT2D eigenvalue weighted by Gasteiger charge is -2.39. The summed E-state index contributed by atoms with van der Waals surface area (Å²) in [7, 11) is 0. The van der Waals surface area contributed by atoms with Crippen molar-refractivity contribution in [3.63, 3.8) is 0 Å². The minimum absolute atomic E-state index is 0.0384. The molecule has 2 heterocycles. The highest BCUT2D eigenvalue weighted by molar-refractivity contribution is 6.30. The Balaban J connectivity index is 1.84. The molecule has 6 nitrogen and oxygen atoms in total. The largest absolute Gasteiger partial charge is 0.350 e. The van der Waals surface area contributed by atoms with Crippen molar-refractivity contribution in [1.29, 1.82) is 0 Å². The number of aromatic nitrogens is 1. The SMILES string of the molecule is CCC[C@H]1CN(C(=O)c2cc(-c3ccc(Cl)cc3)no2)[C@@H](CC(C)C)C(=O)N1. The summed E-state index contributed by atoms with van der Waals surface area (Å²) in [6.07, 6.45) is 2.37. The van der Waals surface area contributed by atoms with Crippen LogP contribution in [-0.4, -0.2) is 40.5 Å². The van der Waals surface area contributed by atoms with Crippen molar-refractivity contribution in [3.05, 3.63) is 41.1 Å². The number of hydrogen-bond acceptors (Lipinski definition) is 4. The predicted octanol–water partition coefficient (Wildman–Crippen LogP) is 4.15. The summed E-state index contributed by atoms with van der Waals surface area (Å²) >= 11 is 5.92. The lowest BCUT2D eigenvalue weighted by Crippen LogP contribution is -2.61. The van der Waals surface area contributed by atoms with Gasteiger partial charge in [0.05, 0.1) is 0 Å². The van der Waals surface area contributed by atoms with E-state index < -0.39 is 6.04 Å². The van der Waals surface area contributed by atoms with Gasteiger partial charge in [-0.3, -0.25) is 9.59 Å². The van der Waals surface area contributed by atoms with Gasteiger partial charge >= 0.3 is 0 Å². The Labute approximate surface area is 170 Å². The maximum Gasteiger partial charge on any atom is 0.293 e. The Morgan fingerprint density at radius 1 is 1.36 bits per heavy atom. The van der Waals surface area contributed by atoms with E-state index in [1.54, 1.807) is 23.1 Å². The van der Waals surface area contributed by atoms with Crippen molar-refractivity contribution in [1.82, 2.24) is 15.4 Å². The van der Waals surface area contributed by atoms with E-state index in [0.717, 1.165) is 18.4 Å². The van der Waals surface area contributed by atoms with Crippen LogP contribution in [0.25, 0.3) is 11.3 Å². The van der Waals surface area contributed by atoms with Gasteiger partial charge in [0.15, 0.2) is 0 Å². The summed E-state index contributed by atoms with van der Waals surface area (Å²) in [6, 6.07) is 8.25. The number of nitrogens with one attached hydrogen (secondary N) is 1. The summed E-state index contributed by atoms with van der Waals surface area (Å²) in [5, 5.41) is 7.71. The number of nitrogens with zero attached hydrogens (tertiary/aromatic N) is 2. The zero-order valence-electron chi connectivity index (χ0n) is 16.4. The van der Waals surface area contributed by atoms with Crippen molar-refractivity contribution < 1.29 is 14.1 Å². The summed E-state index contributed by atoms with van der Waals surface area (Å²) in [5.74, 6) is 0.0373. The number of piperazine rings is 1. The van der Waals surface area contributed by atoms with Gasteiger partial charge in [-0.1, -0.05) is 56.1 Å². The molecule has 3 rings (SSSR count). The van der Waals surface area contributed by atoms with Gasteiger partial charge in [-0.15, -0.1) is 0 Å². The van der Waals surface area contributed by atoms with Gasteiger partial charge in [0.25, 0.3) is 5.91 Å². The molecule has 1 aliphatic rings. The second-order valence-corrected chi connectivity index (χ2v) is 8.12. The van der Waals surface area contributed by atoms with Gasteiger partial charge in [-0.05, 0) is 30.9 Å². The van der Waals surface area contributed by atoms with E-state index in [1.165, 1.54) is 0 Å². The molecule has 1 fully saturated rings. The van der Waals surface area contributed by atoms with Crippen LogP contribution in [0.3, 0.4) is 0 Å². The van der Waals surface area contributed by atoms with E-state index in [1.807, 2.05) is 26.0 Å². The van der Waals surface area contributed by atoms with E-state index >= 15 is 0 Å². The Hall–Kier alpha value is -2.34. The molecule has 1 N–H and O–H groups in total. The highest BCUT2D eigenvalue weighted by atomic mass is 35.5. The third-order valence-electron chi connectivity index (χ3n) is 4.90. The topological polar surface area (TPSA) is 75.4 Å². The van der Waals surface area contributed by atoms with E-state index in [4.69, 9.17) is 16.1 Å². The van der Waals surface area contributed by atoms with E-state index in [9.17, 15) is 9.59 Å². The van der Waals surface area contributed by atoms with Crippen molar-refractivity contribution in [3.8, 4) is 11.3 Å². The Morgan fingerprint density at radius 3 is 2.71 bits per heavy atom. The molecule has 0 radical (unpaired) electrons. The zero-order valence-corrected chi connectivity index (χ0v) is 17.2. The monoisotopic (exact) mass is 403 g/mol. The molecule has 1 aromatic heterocycles. The fourth-order valence-corrected chi connectivity index (χ4v) is 3.67. The standard InChI is InChI=1S/C21H26ClN3O3/c1-4-5-16-12-25(18(10-13(2)3)20(26)23-16)21(27)19-11-17(24-28-19)14-6-8-15(22)9-7-14/h6-9,11,13,16,18H,4-5,10,12H2,1-3H3,(H,23,26)/t16-,18-/m0/s1. The molecule has 2 atom stereocenters. The highest BCUT2D eigenvalue weighted by Gasteiger charge is 2.38. The summed E-state index contributed by atoms with van der Waals surface area (Å²) < 4.78 is 5.34. The summed E-state index contributed by atoms with van der Waals surface area (Å²) in [6.45, 7) is 6.63. The quantitative estimate of drug-likeness (QED) is 0.786. The van der Waals surface area contributed by atoms with Crippen molar-refractivity contribution in [2.45, 2.75) is 52.1 Å². The van der Waals surface area contributed by atoms with Crippen LogP contribution >= 0.6 is 11.6 Å². The number of halogens is 1. The Bertz CT molecular complexity index is 832. The molecule has 28 heavy (non-hydrogen) atoms. The minimum Gasteiger partial charge on any atom is -0.350 e. The molecule has 1 aliphatic heterocycles. The molecule has 2 amide bonds. The first-order valence-corrected chi connectivity index (χ1v) is 10.1. The summed E-state index contributed by atoms with van der Waals surface area (Å²) in [5.41, 5.74) is 1.37. The first-order chi connectivity index (χ1) is 13.4. The molecular weight excluding hydrogens is 378 g/mol. The van der Waals surface area contributed by atoms with E-state index in [2.05, 4.69) is 17.4 Å². The molecule has 150 valence electrons. The Morgan fingerprint density at radius 2 is 2.07 bits per heavy atom. The number of carbonyl (C=O) groups excluding carboxylic acids is 2. The van der Waals surface area contributed by atoms with Gasteiger partial charge in [0.1, 0.15) is 11.7 Å². The minimum atomic E-state index is -0.496. The number of hydrogen-bond donors (Lipinski definition) is 1. The van der Waals surface area contributed by atoms with Crippen LogP contribution in [-0.2, 0) is 4.79 Å². The van der Waals surface area contributed by atoms with Gasteiger partial charge in [0, 0.05) is 29.2 Å². The molecule has 0 spiro atoms. The molecule has 1 aromatic carbocycles. The number of carbonyl (C=O) groups is 2. The van der Waals surface area contributed by atoms with Gasteiger partial charge in [-0.2, -0.15) is 0 Å². The molecular formula is C21H26ClN3O3. The molecule has 2 aromatic rings. The molecule has 0 unspecified atom stereocenters. The van der Waals surface area contributed by atoms with Crippen molar-refractivity contribution in [2.75, 3.05) is 6.54 Å². The van der Waals surface area contributed by atoms with Crippen LogP contribution in [0.15, 0.2) is 34.9 Å². The highest BCUT2D eigenvalue weighted by Crippen LogP contribution is 2.25. The number of amides is 2. The third kappa shape index (κ3) is 4.55. The normalized spacial score (nSPS) is 19.8. The molecule has 0 bridgehead atoms. The fourth-order valence-electron chi connectivity index (χ4n) is 3.54. The second-order valence-electron chi connectivity index (χ2n) is 7.68. The predicted molar refractivity (Wildman–Crippen MR) is 108 cm³/mol. The second kappa shape index (κ2) is 8.78. The van der Waals surface area contributed by atoms with E-state index in [-0.39, 0.29) is 29.5 Å². The first-order valence-electron chi connectivity index (χ1n) is 9.73. The molecule has 0 aliphatic carbocycles. The van der Waals surface area contributed by atoms with E-state index in [0.29, 0.717) is 23.7 Å². The Kier molecular flexibility index (Phi) is 6.39. The van der Waals surface area contributed by atoms with Gasteiger partial charge in [-0.25, -0.2) is 0 Å². The van der Waals surface area contributed by atoms with Crippen molar-refractivity contribution >= 4 is 23.4 Å². The van der Waals surface area contributed by atoms with Gasteiger partial charge < -0.3 is 14.7 Å². The van der Waals surface area contributed by atoms with Gasteiger partial charge in [0.2, 0.25) is 11.7 Å². The maximum atomic E-state index is 13.2. The first kappa shape index (κ1) is 20.4. The smallest absolute Gasteiger partial charge is 0.293 e. The third-order valence-corrected chi connectivity index (χ3v) is 5.15. The van der Waals surface area contributed by atoms with Crippen LogP contribution in [0, 0.1) is 5.92 Å². The average molecular weight is 404 g/mol. The maximum absolute atomic E-state index is 13.2. The van der Waals surface area contributed by atoms with Crippen LogP contribution in [0.2, 0.25) is 5.02 Å². The van der Waals surface area contributed by atoms with Crippen LogP contribution in [0.1, 0.15) is 50.6 Å². The zero-order chi connectivity index (χ0) is 20.3. The number of benzene rings is 1. The fraction of sp³-hybridized carbons (Fsp3) is 0.476. The van der Waals surface area contributed by atoms with Crippen LogP contribution in [0.5, 0.6) is 0 Å². The summed E-state index contributed by atoms with van der Waals surface area (Å²) in [4.78, 5) is 27.5. The lowest BCUT2D eigenvalue weighted by molar-refractivity contribution is -0.130. The van der Waals surface area contributed by atoms with Crippen molar-refractivity contribution in [2.24, 2.45) is 5.92 Å².